The van der Waals surface area contributed by atoms with Gasteiger partial charge in [-0.3, -0.25) is 4.68 Å². The monoisotopic (exact) mass is 222 g/mol. The van der Waals surface area contributed by atoms with Crippen LogP contribution in [0.3, 0.4) is 0 Å². The smallest absolute Gasteiger partial charge is 0.248 e. The lowest BCUT2D eigenvalue weighted by molar-refractivity contribution is 0.280. The van der Waals surface area contributed by atoms with Crippen LogP contribution in [0.2, 0.25) is 0 Å². The average Bonchev–Trinajstić information content (AvgIpc) is 2.74. The highest BCUT2D eigenvalue weighted by atomic mass is 16.5. The Kier molecular flexibility index (Phi) is 2.74. The Morgan fingerprint density at radius 1 is 1.31 bits per heavy atom. The maximum Gasteiger partial charge on any atom is 0.248 e. The van der Waals surface area contributed by atoms with Crippen molar-refractivity contribution in [1.82, 2.24) is 19.9 Å². The van der Waals surface area contributed by atoms with Gasteiger partial charge in [-0.2, -0.15) is 10.1 Å². The fraction of sp³-hybridized carbons (Fsp3) is 0.500. The summed E-state index contributed by atoms with van der Waals surface area (Å²) in [6, 6.07) is 0. The number of aliphatic hydroxyl groups excluding tert-OH is 1. The van der Waals surface area contributed by atoms with E-state index >= 15 is 0 Å². The molecule has 2 heterocycles. The first-order valence-corrected chi connectivity index (χ1v) is 5.04. The lowest BCUT2D eigenvalue weighted by atomic mass is 10.2. The molecule has 0 aliphatic heterocycles. The molecule has 0 aliphatic carbocycles. The fourth-order valence-corrected chi connectivity index (χ4v) is 1.65. The molecular weight excluding hydrogens is 208 g/mol. The second-order valence-corrected chi connectivity index (χ2v) is 3.70. The van der Waals surface area contributed by atoms with E-state index < -0.39 is 0 Å². The molecule has 0 bridgehead atoms. The van der Waals surface area contributed by atoms with Gasteiger partial charge in [-0.05, 0) is 20.8 Å². The van der Waals surface area contributed by atoms with E-state index in [0.29, 0.717) is 18.3 Å². The number of hydrogen-bond donors (Lipinski definition) is 1. The van der Waals surface area contributed by atoms with Gasteiger partial charge in [-0.25, -0.2) is 0 Å². The highest BCUT2D eigenvalue weighted by Crippen LogP contribution is 2.13. The lowest BCUT2D eigenvalue weighted by Crippen LogP contribution is -2.04. The zero-order chi connectivity index (χ0) is 11.7. The maximum atomic E-state index is 9.18. The van der Waals surface area contributed by atoms with Gasteiger partial charge in [0, 0.05) is 11.3 Å². The summed E-state index contributed by atoms with van der Waals surface area (Å²) in [5, 5.41) is 17.2. The minimum atomic E-state index is 0.000524. The number of hydrogen-bond acceptors (Lipinski definition) is 5. The Bertz CT molecular complexity index is 501. The van der Waals surface area contributed by atoms with Gasteiger partial charge in [0.1, 0.15) is 6.54 Å². The molecule has 6 heteroatoms. The van der Waals surface area contributed by atoms with Crippen molar-refractivity contribution >= 4 is 0 Å². The topological polar surface area (TPSA) is 77.0 Å². The molecule has 2 aromatic rings. The SMILES string of the molecule is Cc1noc(Cn2nc(C)c(CO)c2C)n1. The molecular formula is C10H14N4O2. The van der Waals surface area contributed by atoms with Gasteiger partial charge in [0.2, 0.25) is 5.89 Å². The van der Waals surface area contributed by atoms with E-state index in [0.717, 1.165) is 17.0 Å². The fourth-order valence-electron chi connectivity index (χ4n) is 1.65. The molecule has 86 valence electrons. The van der Waals surface area contributed by atoms with Gasteiger partial charge in [0.05, 0.1) is 12.3 Å². The maximum absolute atomic E-state index is 9.18. The summed E-state index contributed by atoms with van der Waals surface area (Å²) >= 11 is 0. The third-order valence-corrected chi connectivity index (χ3v) is 2.54. The molecule has 16 heavy (non-hydrogen) atoms. The third-order valence-electron chi connectivity index (χ3n) is 2.54. The van der Waals surface area contributed by atoms with Crippen molar-refractivity contribution in [2.75, 3.05) is 0 Å². The van der Waals surface area contributed by atoms with E-state index in [4.69, 9.17) is 4.52 Å². The summed E-state index contributed by atoms with van der Waals surface area (Å²) in [6.07, 6.45) is 0. The van der Waals surface area contributed by atoms with Crippen molar-refractivity contribution in [2.24, 2.45) is 0 Å². The van der Waals surface area contributed by atoms with Crippen molar-refractivity contribution in [1.29, 1.82) is 0 Å². The average molecular weight is 222 g/mol. The molecule has 1 N–H and O–H groups in total. The van der Waals surface area contributed by atoms with Crippen LogP contribution in [0.4, 0.5) is 0 Å². The van der Waals surface area contributed by atoms with Crippen LogP contribution >= 0.6 is 0 Å². The molecule has 2 rings (SSSR count). The van der Waals surface area contributed by atoms with Crippen LogP contribution in [0.25, 0.3) is 0 Å². The van der Waals surface area contributed by atoms with Gasteiger partial charge in [-0.1, -0.05) is 5.16 Å². The lowest BCUT2D eigenvalue weighted by Gasteiger charge is -2.00. The molecule has 0 saturated heterocycles. The zero-order valence-electron chi connectivity index (χ0n) is 9.56. The van der Waals surface area contributed by atoms with Gasteiger partial charge in [-0.15, -0.1) is 0 Å². The minimum absolute atomic E-state index is 0.000524. The number of aromatic nitrogens is 4. The first-order chi connectivity index (χ1) is 7.61. The van der Waals surface area contributed by atoms with Gasteiger partial charge >= 0.3 is 0 Å². The summed E-state index contributed by atoms with van der Waals surface area (Å²) < 4.78 is 6.78. The summed E-state index contributed by atoms with van der Waals surface area (Å²) in [7, 11) is 0. The van der Waals surface area contributed by atoms with Crippen LogP contribution in [0.5, 0.6) is 0 Å². The summed E-state index contributed by atoms with van der Waals surface area (Å²) in [6.45, 7) is 5.99. The Labute approximate surface area is 92.9 Å². The summed E-state index contributed by atoms with van der Waals surface area (Å²) in [4.78, 5) is 4.11. The molecule has 0 spiro atoms. The Morgan fingerprint density at radius 3 is 2.56 bits per heavy atom. The van der Waals surface area contributed by atoms with Crippen LogP contribution in [-0.2, 0) is 13.2 Å². The van der Waals surface area contributed by atoms with E-state index in [1.54, 1.807) is 11.6 Å². The molecule has 6 nitrogen and oxygen atoms in total. The van der Waals surface area contributed by atoms with Crippen LogP contribution < -0.4 is 0 Å². The van der Waals surface area contributed by atoms with Gasteiger partial charge in [0.25, 0.3) is 0 Å². The standard InChI is InChI=1S/C10H14N4O2/c1-6-9(5-15)7(2)14(12-6)4-10-11-8(3)13-16-10/h15H,4-5H2,1-3H3. The van der Waals surface area contributed by atoms with Crippen LogP contribution in [-0.4, -0.2) is 25.0 Å². The predicted molar refractivity (Wildman–Crippen MR) is 55.8 cm³/mol. The van der Waals surface area contributed by atoms with Crippen molar-refractivity contribution in [2.45, 2.75) is 33.9 Å². The van der Waals surface area contributed by atoms with Gasteiger partial charge < -0.3 is 9.63 Å². The molecule has 0 radical (unpaired) electrons. The quantitative estimate of drug-likeness (QED) is 0.828. The largest absolute Gasteiger partial charge is 0.392 e. The molecule has 0 amide bonds. The highest BCUT2D eigenvalue weighted by Gasteiger charge is 2.12. The zero-order valence-corrected chi connectivity index (χ0v) is 9.56. The molecule has 0 aliphatic rings. The molecule has 0 fully saturated rings. The molecule has 2 aromatic heterocycles. The van der Waals surface area contributed by atoms with Crippen molar-refractivity contribution in [3.05, 3.63) is 28.7 Å². The second-order valence-electron chi connectivity index (χ2n) is 3.70. The van der Waals surface area contributed by atoms with Crippen molar-refractivity contribution < 1.29 is 9.63 Å². The Balaban J connectivity index is 2.28. The number of rotatable bonds is 3. The Hall–Kier alpha value is -1.69. The van der Waals surface area contributed by atoms with E-state index in [1.807, 2.05) is 13.8 Å². The number of aliphatic hydroxyl groups is 1. The Morgan fingerprint density at radius 2 is 2.06 bits per heavy atom. The first-order valence-electron chi connectivity index (χ1n) is 5.04. The molecule has 0 saturated carbocycles. The molecule has 0 atom stereocenters. The van der Waals surface area contributed by atoms with Crippen LogP contribution in [0, 0.1) is 20.8 Å². The number of nitrogens with zero attached hydrogens (tertiary/aromatic N) is 4. The van der Waals surface area contributed by atoms with E-state index in [2.05, 4.69) is 15.2 Å². The predicted octanol–water partition coefficient (Wildman–Crippen LogP) is 0.732. The molecule has 0 aromatic carbocycles. The van der Waals surface area contributed by atoms with E-state index in [9.17, 15) is 5.11 Å². The third kappa shape index (κ3) is 1.83. The molecule has 0 unspecified atom stereocenters. The van der Waals surface area contributed by atoms with Gasteiger partial charge in [0.15, 0.2) is 5.82 Å². The highest BCUT2D eigenvalue weighted by molar-refractivity contribution is 5.23. The normalized spacial score (nSPS) is 11.0. The van der Waals surface area contributed by atoms with E-state index in [-0.39, 0.29) is 6.61 Å². The summed E-state index contributed by atoms with van der Waals surface area (Å²) in [5.41, 5.74) is 2.61. The van der Waals surface area contributed by atoms with Crippen molar-refractivity contribution in [3.63, 3.8) is 0 Å². The number of aryl methyl sites for hydroxylation is 2. The van der Waals surface area contributed by atoms with Crippen LogP contribution in [0.1, 0.15) is 28.7 Å². The summed E-state index contributed by atoms with van der Waals surface area (Å²) in [5.74, 6) is 1.13. The van der Waals surface area contributed by atoms with Crippen molar-refractivity contribution in [3.8, 4) is 0 Å². The minimum Gasteiger partial charge on any atom is -0.392 e. The van der Waals surface area contributed by atoms with Crippen LogP contribution in [0.15, 0.2) is 4.52 Å². The first kappa shape index (κ1) is 10.8. The van der Waals surface area contributed by atoms with E-state index in [1.165, 1.54) is 0 Å². The second kappa shape index (κ2) is 4.05.